The van der Waals surface area contributed by atoms with Crippen molar-refractivity contribution in [3.8, 4) is 5.75 Å². The summed E-state index contributed by atoms with van der Waals surface area (Å²) in [4.78, 5) is 10.3. The van der Waals surface area contributed by atoms with Gasteiger partial charge in [-0.15, -0.1) is 0 Å². The second kappa shape index (κ2) is 5.15. The van der Waals surface area contributed by atoms with Crippen molar-refractivity contribution in [3.05, 3.63) is 29.8 Å². The van der Waals surface area contributed by atoms with Crippen LogP contribution >= 0.6 is 0 Å². The first-order chi connectivity index (χ1) is 4.72. The zero-order chi connectivity index (χ0) is 7.56. The molecule has 0 amide bonds. The molecule has 0 spiro atoms. The second-order valence-electron chi connectivity index (χ2n) is 1.82. The van der Waals surface area contributed by atoms with Crippen LogP contribution in [0.1, 0.15) is 17.8 Å². The van der Waals surface area contributed by atoms with Gasteiger partial charge in [-0.1, -0.05) is 19.6 Å². The average Bonchev–Trinajstić information content (AvgIpc) is 1.88. The molecule has 1 aromatic carbocycles. The molecule has 0 radical (unpaired) electrons. The molecule has 0 aliphatic rings. The van der Waals surface area contributed by atoms with Crippen LogP contribution in [0.2, 0.25) is 0 Å². The molecule has 1 aromatic rings. The second-order valence-corrected chi connectivity index (χ2v) is 1.82. The number of carboxylic acids is 1. The Balaban J connectivity index is 0. The minimum absolute atomic E-state index is 0. The summed E-state index contributed by atoms with van der Waals surface area (Å²) in [5, 5.41) is 17.3. The lowest BCUT2D eigenvalue weighted by Gasteiger charge is -1.95. The first-order valence-electron chi connectivity index (χ1n) is 2.73. The topological polar surface area (TPSA) is 92.5 Å². The fraction of sp³-hybridized carbons (Fsp3) is 0.125. The lowest BCUT2D eigenvalue weighted by Crippen LogP contribution is -1.95. The van der Waals surface area contributed by atoms with E-state index in [-0.39, 0.29) is 24.9 Å². The number of para-hydroxylation sites is 1. The largest absolute Gasteiger partial charge is 0.507 e. The number of phenols is 1. The molecule has 0 bridgehead atoms. The smallest absolute Gasteiger partial charge is 0.339 e. The van der Waals surface area contributed by atoms with Crippen molar-refractivity contribution >= 4 is 5.97 Å². The zero-order valence-electron chi connectivity index (χ0n) is 5.82. The van der Waals surface area contributed by atoms with Crippen LogP contribution in [-0.2, 0) is 0 Å². The van der Waals surface area contributed by atoms with Gasteiger partial charge in [-0.2, -0.15) is 0 Å². The molecule has 4 heteroatoms. The summed E-state index contributed by atoms with van der Waals surface area (Å²) in [7, 11) is 0. The lowest BCUT2D eigenvalue weighted by atomic mass is 10.2. The summed E-state index contributed by atoms with van der Waals surface area (Å²) in [6.45, 7) is 0. The molecule has 0 aliphatic carbocycles. The molecule has 0 atom stereocenters. The van der Waals surface area contributed by atoms with Crippen LogP contribution in [0.4, 0.5) is 0 Å². The maximum atomic E-state index is 10.3. The van der Waals surface area contributed by atoms with Crippen LogP contribution in [0.3, 0.4) is 0 Å². The van der Waals surface area contributed by atoms with Crippen LogP contribution in [0, 0.1) is 0 Å². The van der Waals surface area contributed by atoms with Gasteiger partial charge in [0.2, 0.25) is 0 Å². The van der Waals surface area contributed by atoms with E-state index in [9.17, 15) is 4.79 Å². The Labute approximate surface area is 71.1 Å². The molecular formula is C8H13NO3. The van der Waals surface area contributed by atoms with Crippen LogP contribution < -0.4 is 6.15 Å². The highest BCUT2D eigenvalue weighted by atomic mass is 16.4. The number of carbonyl (C=O) groups is 1. The highest BCUT2D eigenvalue weighted by molar-refractivity contribution is 5.90. The maximum Gasteiger partial charge on any atom is 0.339 e. The Hall–Kier alpha value is -1.55. The lowest BCUT2D eigenvalue weighted by molar-refractivity contribution is 0.0694. The predicted molar refractivity (Wildman–Crippen MR) is 46.8 cm³/mol. The van der Waals surface area contributed by atoms with Gasteiger partial charge in [0, 0.05) is 0 Å². The number of aromatic hydroxyl groups is 1. The molecule has 12 heavy (non-hydrogen) atoms. The predicted octanol–water partition coefficient (Wildman–Crippen LogP) is 1.89. The van der Waals surface area contributed by atoms with Crippen molar-refractivity contribution in [1.82, 2.24) is 6.15 Å². The van der Waals surface area contributed by atoms with Gasteiger partial charge in [-0.05, 0) is 12.1 Å². The van der Waals surface area contributed by atoms with Crippen molar-refractivity contribution in [3.63, 3.8) is 0 Å². The fourth-order valence-electron chi connectivity index (χ4n) is 0.654. The van der Waals surface area contributed by atoms with Gasteiger partial charge >= 0.3 is 5.97 Å². The molecule has 0 fully saturated rings. The molecule has 0 unspecified atom stereocenters. The fourth-order valence-corrected chi connectivity index (χ4v) is 0.654. The first-order valence-corrected chi connectivity index (χ1v) is 2.73. The van der Waals surface area contributed by atoms with Gasteiger partial charge in [-0.3, -0.25) is 0 Å². The van der Waals surface area contributed by atoms with Gasteiger partial charge in [0.1, 0.15) is 11.3 Å². The van der Waals surface area contributed by atoms with E-state index in [0.29, 0.717) is 0 Å². The Morgan fingerprint density at radius 2 is 1.75 bits per heavy atom. The van der Waals surface area contributed by atoms with Gasteiger partial charge in [0.25, 0.3) is 0 Å². The minimum atomic E-state index is -1.11. The Kier molecular flexibility index (Phi) is 5.61. The zero-order valence-corrected chi connectivity index (χ0v) is 5.82. The molecule has 5 N–H and O–H groups in total. The average molecular weight is 171 g/mol. The number of hydrogen-bond donors (Lipinski definition) is 3. The van der Waals surface area contributed by atoms with E-state index in [0.717, 1.165) is 0 Å². The third-order valence-corrected chi connectivity index (χ3v) is 1.13. The molecule has 68 valence electrons. The summed E-state index contributed by atoms with van der Waals surface area (Å²) < 4.78 is 0. The summed E-state index contributed by atoms with van der Waals surface area (Å²) in [6, 6.07) is 5.81. The SMILES string of the molecule is C.N.O=C(O)c1ccccc1O. The summed E-state index contributed by atoms with van der Waals surface area (Å²) in [5.74, 6) is -1.31. The molecule has 4 nitrogen and oxygen atoms in total. The maximum absolute atomic E-state index is 10.3. The van der Waals surface area contributed by atoms with Gasteiger partial charge < -0.3 is 16.4 Å². The summed E-state index contributed by atoms with van der Waals surface area (Å²) >= 11 is 0. The molecular weight excluding hydrogens is 158 g/mol. The van der Waals surface area contributed by atoms with E-state index in [1.165, 1.54) is 12.1 Å². The van der Waals surface area contributed by atoms with Crippen molar-refractivity contribution in [2.24, 2.45) is 0 Å². The third kappa shape index (κ3) is 2.59. The van der Waals surface area contributed by atoms with Crippen molar-refractivity contribution < 1.29 is 15.0 Å². The quantitative estimate of drug-likeness (QED) is 0.601. The first kappa shape index (κ1) is 13.1. The molecule has 0 aliphatic heterocycles. The van der Waals surface area contributed by atoms with E-state index in [1.54, 1.807) is 12.1 Å². The molecule has 0 saturated carbocycles. The van der Waals surface area contributed by atoms with E-state index in [1.807, 2.05) is 0 Å². The van der Waals surface area contributed by atoms with Crippen LogP contribution in [0.5, 0.6) is 5.75 Å². The Morgan fingerprint density at radius 3 is 2.08 bits per heavy atom. The van der Waals surface area contributed by atoms with Crippen molar-refractivity contribution in [2.45, 2.75) is 7.43 Å². The highest BCUT2D eigenvalue weighted by Gasteiger charge is 2.05. The molecule has 0 heterocycles. The Morgan fingerprint density at radius 1 is 1.25 bits per heavy atom. The van der Waals surface area contributed by atoms with E-state index < -0.39 is 5.97 Å². The van der Waals surface area contributed by atoms with Gasteiger partial charge in [-0.25, -0.2) is 4.79 Å². The Bertz CT molecular complexity index is 260. The summed E-state index contributed by atoms with van der Waals surface area (Å²) in [6.07, 6.45) is 0. The third-order valence-electron chi connectivity index (χ3n) is 1.13. The van der Waals surface area contributed by atoms with Gasteiger partial charge in [0.05, 0.1) is 0 Å². The normalized spacial score (nSPS) is 7.67. The molecule has 0 saturated heterocycles. The number of carboxylic acid groups (broad SMARTS) is 1. The molecule has 0 aromatic heterocycles. The summed E-state index contributed by atoms with van der Waals surface area (Å²) in [5.41, 5.74) is -0.0671. The van der Waals surface area contributed by atoms with E-state index in [4.69, 9.17) is 10.2 Å². The monoisotopic (exact) mass is 171 g/mol. The highest BCUT2D eigenvalue weighted by Crippen LogP contribution is 2.14. The number of benzene rings is 1. The number of aromatic carboxylic acids is 1. The number of rotatable bonds is 1. The number of hydrogen-bond acceptors (Lipinski definition) is 3. The van der Waals surface area contributed by atoms with E-state index >= 15 is 0 Å². The van der Waals surface area contributed by atoms with Crippen LogP contribution in [0.15, 0.2) is 24.3 Å². The van der Waals surface area contributed by atoms with Crippen LogP contribution in [0.25, 0.3) is 0 Å². The van der Waals surface area contributed by atoms with E-state index in [2.05, 4.69) is 0 Å². The van der Waals surface area contributed by atoms with Gasteiger partial charge in [0.15, 0.2) is 0 Å². The van der Waals surface area contributed by atoms with Crippen molar-refractivity contribution in [2.75, 3.05) is 0 Å². The van der Waals surface area contributed by atoms with Crippen molar-refractivity contribution in [1.29, 1.82) is 0 Å². The molecule has 1 rings (SSSR count). The van der Waals surface area contributed by atoms with Crippen LogP contribution in [-0.4, -0.2) is 16.2 Å². The standard InChI is InChI=1S/C7H6O3.CH4.H3N/c8-6-4-2-1-3-5(6)7(9)10;;/h1-4,8H,(H,9,10);1H4;1H3. The minimum Gasteiger partial charge on any atom is -0.507 e.